The molecule has 0 amide bonds. The van der Waals surface area contributed by atoms with Gasteiger partial charge in [-0.1, -0.05) is 31.9 Å². The van der Waals surface area contributed by atoms with E-state index in [-0.39, 0.29) is 5.82 Å². The Bertz CT molecular complexity index is 1660. The van der Waals surface area contributed by atoms with Gasteiger partial charge < -0.3 is 43.7 Å². The minimum atomic E-state index is -5.98. The molecule has 0 spiro atoms. The summed E-state index contributed by atoms with van der Waals surface area (Å²) in [6, 6.07) is 3.75. The Morgan fingerprint density at radius 1 is 0.955 bits per heavy atom. The van der Waals surface area contributed by atoms with E-state index in [9.17, 15) is 28.4 Å². The van der Waals surface area contributed by atoms with Crippen LogP contribution >= 0.6 is 23.2 Å². The lowest BCUT2D eigenvalue weighted by Crippen LogP contribution is -2.32. The largest absolute Gasteiger partial charge is 0.775 e. The smallest absolute Gasteiger partial charge is 0.279 e. The van der Waals surface area contributed by atoms with Gasteiger partial charge in [-0.2, -0.15) is 0 Å². The number of aromatic nitrogens is 4. The number of aryl methyl sites for hydroxylation is 2. The molecule has 2 aromatic heterocycles. The summed E-state index contributed by atoms with van der Waals surface area (Å²) in [5.41, 5.74) is 7.83. The zero-order valence-corrected chi connectivity index (χ0v) is 26.6. The number of phosphoric ester groups is 1. The highest BCUT2D eigenvalue weighted by atomic mass is 31.3. The molecule has 2 fully saturated rings. The van der Waals surface area contributed by atoms with Gasteiger partial charge >= 0.3 is 0 Å². The van der Waals surface area contributed by atoms with Crippen LogP contribution in [0, 0.1) is 13.8 Å². The third kappa shape index (κ3) is 7.31. The first-order chi connectivity index (χ1) is 20.7. The van der Waals surface area contributed by atoms with Crippen LogP contribution in [0.25, 0.3) is 11.2 Å². The van der Waals surface area contributed by atoms with E-state index in [2.05, 4.69) is 30.5 Å². The van der Waals surface area contributed by atoms with Crippen molar-refractivity contribution in [3.05, 3.63) is 42.0 Å². The lowest BCUT2D eigenvalue weighted by atomic mass is 10.1. The summed E-state index contributed by atoms with van der Waals surface area (Å²) >= 11 is 0. The summed E-state index contributed by atoms with van der Waals surface area (Å²) < 4.78 is 70.2. The number of hydrogen-bond acceptors (Lipinski definition) is 16. The molecule has 242 valence electrons. The molecule has 3 aromatic rings. The molecule has 5 unspecified atom stereocenters. The lowest BCUT2D eigenvalue weighted by molar-refractivity contribution is -0.246. The molecule has 0 radical (unpaired) electrons. The molecule has 5 rings (SSSR count). The summed E-state index contributed by atoms with van der Waals surface area (Å²) in [6.07, 6.45) is 1.74. The van der Waals surface area contributed by atoms with Gasteiger partial charge in [0.2, 0.25) is 0 Å². The molecule has 2 N–H and O–H groups in total. The van der Waals surface area contributed by atoms with E-state index in [0.29, 0.717) is 23.1 Å². The van der Waals surface area contributed by atoms with Gasteiger partial charge in [0.25, 0.3) is 15.6 Å². The van der Waals surface area contributed by atoms with E-state index >= 15 is 0 Å². The van der Waals surface area contributed by atoms with Crippen molar-refractivity contribution in [2.24, 2.45) is 0 Å². The van der Waals surface area contributed by atoms with Crippen LogP contribution in [0.15, 0.2) is 30.9 Å². The van der Waals surface area contributed by atoms with Crippen LogP contribution in [0.3, 0.4) is 0 Å². The van der Waals surface area contributed by atoms with Gasteiger partial charge in [0, 0.05) is 5.30 Å². The number of hydrogen-bond donors (Lipinski definition) is 1. The zero-order valence-electron chi connectivity index (χ0n) is 23.9. The van der Waals surface area contributed by atoms with Crippen molar-refractivity contribution in [3.63, 3.8) is 0 Å². The van der Waals surface area contributed by atoms with E-state index in [1.165, 1.54) is 29.4 Å². The minimum Gasteiger partial charge on any atom is -0.775 e. The molecule has 8 atom stereocenters. The second-order valence-electron chi connectivity index (χ2n) is 10.4. The number of benzene rings is 1. The van der Waals surface area contributed by atoms with E-state index in [1.807, 2.05) is 0 Å². The summed E-state index contributed by atoms with van der Waals surface area (Å²) in [7, 11) is -17.0. The fourth-order valence-electron chi connectivity index (χ4n) is 4.91. The molecule has 4 heterocycles. The highest BCUT2D eigenvalue weighted by molar-refractivity contribution is 7.70. The molecule has 44 heavy (non-hydrogen) atoms. The maximum Gasteiger partial charge on any atom is 0.279 e. The molecule has 0 saturated carbocycles. The summed E-state index contributed by atoms with van der Waals surface area (Å²) in [6.45, 7) is 4.61. The SMILES string of the molecule is CCCCCC1OC2[C@@H](COP(=O)([O-])OP(=O)([O-])OP(=O)([O-])c3ccc(C)c(C)c3)O[C@@H](n3cnc4c(N)ncnc43)[C@H]2O1. The van der Waals surface area contributed by atoms with Crippen LogP contribution in [-0.2, 0) is 41.1 Å². The van der Waals surface area contributed by atoms with Crippen LogP contribution in [0.1, 0.15) is 50.0 Å². The second-order valence-corrected chi connectivity index (χ2v) is 15.3. The molecular weight excluding hydrogens is 643 g/mol. The molecule has 0 bridgehead atoms. The summed E-state index contributed by atoms with van der Waals surface area (Å²) in [4.78, 5) is 49.8. The van der Waals surface area contributed by atoms with E-state index in [1.54, 1.807) is 13.8 Å². The van der Waals surface area contributed by atoms with Gasteiger partial charge in [-0.05, 0) is 43.9 Å². The van der Waals surface area contributed by atoms with Crippen molar-refractivity contribution < 1.29 is 55.7 Å². The zero-order chi connectivity index (χ0) is 31.9. The first-order valence-corrected chi connectivity index (χ1v) is 18.1. The summed E-state index contributed by atoms with van der Waals surface area (Å²) in [5, 5.41) is -0.482. The van der Waals surface area contributed by atoms with Crippen molar-refractivity contribution >= 4 is 45.5 Å². The highest BCUT2D eigenvalue weighted by Crippen LogP contribution is 2.62. The monoisotopic (exact) mass is 674 g/mol. The Hall–Kier alpha value is -2.10. The average Bonchev–Trinajstić information content (AvgIpc) is 3.62. The molecule has 0 aliphatic carbocycles. The molecule has 17 nitrogen and oxygen atoms in total. The van der Waals surface area contributed by atoms with E-state index in [0.717, 1.165) is 30.9 Å². The molecule has 2 aliphatic heterocycles. The van der Waals surface area contributed by atoms with Gasteiger partial charge in [-0.15, -0.1) is 0 Å². The Morgan fingerprint density at radius 2 is 1.70 bits per heavy atom. The minimum absolute atomic E-state index is 0.137. The quantitative estimate of drug-likeness (QED) is 0.199. The predicted octanol–water partition coefficient (Wildman–Crippen LogP) is 1.48. The van der Waals surface area contributed by atoms with E-state index in [4.69, 9.17) is 24.5 Å². The number of unbranched alkanes of at least 4 members (excludes halogenated alkanes) is 2. The van der Waals surface area contributed by atoms with Gasteiger partial charge in [-0.25, -0.2) is 19.3 Å². The molecular formula is C24H31N5O12P3-3. The summed E-state index contributed by atoms with van der Waals surface area (Å²) in [5.74, 6) is 0.137. The standard InChI is InChI=1S/C24H34N5O12P3/c1-4-5-6-7-18-38-20-17(37-24(21(20)39-18)29-13-28-19-22(25)26-12-27-23(19)29)11-36-43(32,33)41-44(34,35)40-42(30,31)16-9-8-14(2)15(3)10-16/h8-10,12-13,17-18,20-21,24H,4-7,11H2,1-3H3,(H,30,31)(H,32,33)(H,34,35)(H2,25,26,27)/p-3/t17-,18?,20?,21+,24-/m1/s1. The lowest BCUT2D eigenvalue weighted by Gasteiger charge is -2.35. The Morgan fingerprint density at radius 3 is 2.43 bits per heavy atom. The van der Waals surface area contributed by atoms with Crippen molar-refractivity contribution in [3.8, 4) is 0 Å². The van der Waals surface area contributed by atoms with Gasteiger partial charge in [0.1, 0.15) is 30.2 Å². The van der Waals surface area contributed by atoms with Crippen LogP contribution < -0.4 is 25.7 Å². The van der Waals surface area contributed by atoms with Crippen molar-refractivity contribution in [1.82, 2.24) is 19.5 Å². The van der Waals surface area contributed by atoms with Gasteiger partial charge in [0.05, 0.1) is 12.9 Å². The number of rotatable bonds is 13. The van der Waals surface area contributed by atoms with Crippen LogP contribution in [0.2, 0.25) is 0 Å². The number of ether oxygens (including phenoxy) is 3. The number of nitrogen functional groups attached to an aromatic ring is 1. The number of nitrogens with zero attached hydrogens (tertiary/aromatic N) is 4. The Kier molecular flexibility index (Phi) is 9.79. The maximum absolute atomic E-state index is 12.5. The first-order valence-electron chi connectivity index (χ1n) is 13.7. The number of anilines is 1. The van der Waals surface area contributed by atoms with Crippen molar-refractivity contribution in [2.75, 3.05) is 12.3 Å². The molecule has 20 heteroatoms. The fourth-order valence-corrected chi connectivity index (χ4v) is 8.84. The fraction of sp³-hybridized carbons (Fsp3) is 0.542. The van der Waals surface area contributed by atoms with E-state index < -0.39 is 66.0 Å². The average molecular weight is 674 g/mol. The van der Waals surface area contributed by atoms with Crippen LogP contribution in [0.5, 0.6) is 0 Å². The van der Waals surface area contributed by atoms with Gasteiger partial charge in [-0.3, -0.25) is 18.0 Å². The number of phosphoric acid groups is 2. The molecule has 2 saturated heterocycles. The predicted molar refractivity (Wildman–Crippen MR) is 148 cm³/mol. The van der Waals surface area contributed by atoms with Crippen molar-refractivity contribution in [2.45, 2.75) is 77.3 Å². The third-order valence-corrected chi connectivity index (χ3v) is 11.9. The number of fused-ring (bicyclic) bond motifs is 2. The van der Waals surface area contributed by atoms with Crippen LogP contribution in [-0.4, -0.2) is 50.7 Å². The topological polar surface area (TPSA) is 245 Å². The van der Waals surface area contributed by atoms with Crippen LogP contribution in [0.4, 0.5) is 5.82 Å². The second kappa shape index (κ2) is 13.0. The number of imidazole rings is 1. The molecule has 1 aromatic carbocycles. The highest BCUT2D eigenvalue weighted by Gasteiger charge is 2.54. The maximum atomic E-state index is 12.5. The Balaban J connectivity index is 1.29. The molecule has 2 aliphatic rings. The van der Waals surface area contributed by atoms with Crippen molar-refractivity contribution in [1.29, 1.82) is 0 Å². The first kappa shape index (κ1) is 33.3. The number of nitrogens with two attached hydrogens (primary N) is 1. The third-order valence-electron chi connectivity index (χ3n) is 7.22. The van der Waals surface area contributed by atoms with Gasteiger partial charge in [0.15, 0.2) is 31.6 Å². The normalized spacial score (nSPS) is 27.5. The Labute approximate surface area is 252 Å².